The molecule has 1 fully saturated rings. The maximum atomic E-state index is 12.4. The van der Waals surface area contributed by atoms with Crippen LogP contribution < -0.4 is 15.4 Å². The molecule has 7 nitrogen and oxygen atoms in total. The first-order valence-corrected chi connectivity index (χ1v) is 8.66. The summed E-state index contributed by atoms with van der Waals surface area (Å²) < 4.78 is 10.4. The van der Waals surface area contributed by atoms with E-state index in [0.717, 1.165) is 0 Å². The Kier molecular flexibility index (Phi) is 5.97. The van der Waals surface area contributed by atoms with E-state index in [9.17, 15) is 14.7 Å². The van der Waals surface area contributed by atoms with Crippen molar-refractivity contribution in [2.75, 3.05) is 25.7 Å². The number of phenolic OH excluding ortho intramolecular Hbond substituents is 1. The fraction of sp³-hybridized carbons (Fsp3) is 0.375. The van der Waals surface area contributed by atoms with Gasteiger partial charge in [-0.2, -0.15) is 11.8 Å². The number of carbonyl (C=O) groups is 2. The highest BCUT2D eigenvalue weighted by molar-refractivity contribution is 7.98. The van der Waals surface area contributed by atoms with Crippen LogP contribution in [-0.2, 0) is 9.53 Å². The number of rotatable bonds is 6. The smallest absolute Gasteiger partial charge is 0.319 e. The van der Waals surface area contributed by atoms with Gasteiger partial charge in [0, 0.05) is 11.4 Å². The molecule has 130 valence electrons. The Labute approximate surface area is 144 Å². The molecule has 0 unspecified atom stereocenters. The first-order valence-electron chi connectivity index (χ1n) is 7.26. The lowest BCUT2D eigenvalue weighted by Gasteiger charge is -2.33. The number of hydrogen-bond acceptors (Lipinski definition) is 6. The Morgan fingerprint density at radius 1 is 1.46 bits per heavy atom. The van der Waals surface area contributed by atoms with E-state index in [4.69, 9.17) is 9.47 Å². The lowest BCUT2D eigenvalue weighted by molar-refractivity contribution is -0.147. The summed E-state index contributed by atoms with van der Waals surface area (Å²) in [5.74, 6) is -0.347. The Hall–Kier alpha value is -2.35. The van der Waals surface area contributed by atoms with Crippen LogP contribution in [0.3, 0.4) is 0 Å². The van der Waals surface area contributed by atoms with Crippen LogP contribution in [0, 0.1) is 5.92 Å². The maximum Gasteiger partial charge on any atom is 0.319 e. The minimum absolute atomic E-state index is 0.0283. The molecule has 1 saturated heterocycles. The zero-order chi connectivity index (χ0) is 17.7. The quantitative estimate of drug-likeness (QED) is 0.533. The molecular formula is C16H20N2O5S. The average molecular weight is 352 g/mol. The van der Waals surface area contributed by atoms with Gasteiger partial charge in [-0.25, -0.2) is 4.79 Å². The van der Waals surface area contributed by atoms with Gasteiger partial charge in [0.2, 0.25) is 0 Å². The lowest BCUT2D eigenvalue weighted by Crippen LogP contribution is -2.51. The summed E-state index contributed by atoms with van der Waals surface area (Å²) in [4.78, 5) is 24.2. The second-order valence-corrected chi connectivity index (χ2v) is 6.16. The second-order valence-electron chi connectivity index (χ2n) is 5.17. The fourth-order valence-corrected chi connectivity index (χ4v) is 2.69. The van der Waals surface area contributed by atoms with Crippen LogP contribution in [0.4, 0.5) is 4.79 Å². The summed E-state index contributed by atoms with van der Waals surface area (Å²) in [5, 5.41) is 14.9. The van der Waals surface area contributed by atoms with Gasteiger partial charge in [0.05, 0.1) is 13.2 Å². The van der Waals surface area contributed by atoms with Crippen LogP contribution in [0.5, 0.6) is 11.5 Å². The summed E-state index contributed by atoms with van der Waals surface area (Å²) in [6, 6.07) is 3.51. The third kappa shape index (κ3) is 3.94. The molecule has 0 bridgehead atoms. The molecule has 1 heterocycles. The molecule has 24 heavy (non-hydrogen) atoms. The summed E-state index contributed by atoms with van der Waals surface area (Å²) in [5.41, 5.74) is 0.873. The molecule has 2 amide bonds. The summed E-state index contributed by atoms with van der Waals surface area (Å²) in [7, 11) is 1.42. The molecule has 0 spiro atoms. The van der Waals surface area contributed by atoms with Crippen molar-refractivity contribution >= 4 is 23.8 Å². The number of aromatic hydroxyl groups is 1. The van der Waals surface area contributed by atoms with Crippen molar-refractivity contribution in [1.82, 2.24) is 10.6 Å². The van der Waals surface area contributed by atoms with Crippen molar-refractivity contribution in [2.24, 2.45) is 5.92 Å². The average Bonchev–Trinajstić information content (AvgIpc) is 2.54. The van der Waals surface area contributed by atoms with Crippen LogP contribution in [0.25, 0.3) is 0 Å². The molecule has 3 N–H and O–H groups in total. The van der Waals surface area contributed by atoms with Crippen molar-refractivity contribution in [1.29, 1.82) is 0 Å². The number of ether oxygens (including phenoxy) is 2. The second kappa shape index (κ2) is 7.96. The van der Waals surface area contributed by atoms with Crippen LogP contribution in [0.1, 0.15) is 11.6 Å². The number of benzene rings is 1. The molecule has 1 aliphatic heterocycles. The number of hydrogen-bond donors (Lipinski definition) is 3. The Morgan fingerprint density at radius 2 is 2.21 bits per heavy atom. The van der Waals surface area contributed by atoms with Crippen LogP contribution in [-0.4, -0.2) is 42.8 Å². The minimum Gasteiger partial charge on any atom is -0.504 e. The molecule has 2 atom stereocenters. The number of urea groups is 1. The highest BCUT2D eigenvalue weighted by atomic mass is 32.2. The topological polar surface area (TPSA) is 96.9 Å². The van der Waals surface area contributed by atoms with Gasteiger partial charge in [0.15, 0.2) is 11.5 Å². The lowest BCUT2D eigenvalue weighted by atomic mass is 9.89. The molecule has 8 heteroatoms. The van der Waals surface area contributed by atoms with Gasteiger partial charge in [-0.3, -0.25) is 4.79 Å². The number of carbonyl (C=O) groups excluding carboxylic acids is 2. The molecule has 0 saturated carbocycles. The van der Waals surface area contributed by atoms with Gasteiger partial charge in [0.25, 0.3) is 0 Å². The van der Waals surface area contributed by atoms with Gasteiger partial charge >= 0.3 is 12.0 Å². The molecular weight excluding hydrogens is 332 g/mol. The van der Waals surface area contributed by atoms with Crippen molar-refractivity contribution < 1.29 is 24.2 Å². The molecule has 1 aromatic carbocycles. The van der Waals surface area contributed by atoms with Gasteiger partial charge in [-0.1, -0.05) is 12.6 Å². The highest BCUT2D eigenvalue weighted by Gasteiger charge is 2.39. The van der Waals surface area contributed by atoms with E-state index in [2.05, 4.69) is 17.2 Å². The van der Waals surface area contributed by atoms with Crippen LogP contribution in [0.15, 0.2) is 30.5 Å². The van der Waals surface area contributed by atoms with E-state index in [1.807, 2.05) is 6.26 Å². The first kappa shape index (κ1) is 18.0. The maximum absolute atomic E-state index is 12.4. The van der Waals surface area contributed by atoms with Gasteiger partial charge < -0.3 is 25.2 Å². The molecule has 0 aliphatic carbocycles. The normalized spacial score (nSPS) is 20.1. The van der Waals surface area contributed by atoms with Crippen molar-refractivity contribution in [3.8, 4) is 11.5 Å². The highest BCUT2D eigenvalue weighted by Crippen LogP contribution is 2.35. The Bertz CT molecular complexity index is 649. The van der Waals surface area contributed by atoms with E-state index < -0.39 is 24.0 Å². The summed E-state index contributed by atoms with van der Waals surface area (Å²) in [6.07, 6.45) is 1.92. The van der Waals surface area contributed by atoms with Crippen LogP contribution in [0.2, 0.25) is 0 Å². The molecule has 1 aliphatic rings. The zero-order valence-corrected chi connectivity index (χ0v) is 14.3. The van der Waals surface area contributed by atoms with Gasteiger partial charge in [0.1, 0.15) is 12.5 Å². The number of amides is 2. The van der Waals surface area contributed by atoms with Gasteiger partial charge in [-0.05, 0) is 24.0 Å². The van der Waals surface area contributed by atoms with Crippen molar-refractivity contribution in [3.63, 3.8) is 0 Å². The Morgan fingerprint density at radius 3 is 2.88 bits per heavy atom. The molecule has 2 rings (SSSR count). The number of thioether (sulfide) groups is 1. The predicted octanol–water partition coefficient (Wildman–Crippen LogP) is 1.79. The Balaban J connectivity index is 2.30. The SMILES string of the molecule is C=C1NC(=O)N[C@H](c2ccc(O)c(OC)c2)[C@H]1C(=O)OCCSC. The van der Waals surface area contributed by atoms with Crippen LogP contribution >= 0.6 is 11.8 Å². The number of phenols is 1. The largest absolute Gasteiger partial charge is 0.504 e. The third-order valence-corrected chi connectivity index (χ3v) is 4.19. The predicted molar refractivity (Wildman–Crippen MR) is 91.0 cm³/mol. The van der Waals surface area contributed by atoms with Crippen molar-refractivity contribution in [2.45, 2.75) is 6.04 Å². The molecule has 1 aromatic rings. The molecule has 0 aromatic heterocycles. The third-order valence-electron chi connectivity index (χ3n) is 3.62. The van der Waals surface area contributed by atoms with E-state index in [1.165, 1.54) is 13.2 Å². The van der Waals surface area contributed by atoms with E-state index in [1.54, 1.807) is 23.9 Å². The van der Waals surface area contributed by atoms with E-state index >= 15 is 0 Å². The summed E-state index contributed by atoms with van der Waals surface area (Å²) >= 11 is 1.57. The van der Waals surface area contributed by atoms with E-state index in [-0.39, 0.29) is 23.8 Å². The number of nitrogens with one attached hydrogen (secondary N) is 2. The monoisotopic (exact) mass is 352 g/mol. The van der Waals surface area contributed by atoms with E-state index in [0.29, 0.717) is 11.3 Å². The van der Waals surface area contributed by atoms with Crippen molar-refractivity contribution in [3.05, 3.63) is 36.0 Å². The number of methoxy groups -OCH3 is 1. The minimum atomic E-state index is -0.779. The fourth-order valence-electron chi connectivity index (χ4n) is 2.44. The molecule has 0 radical (unpaired) electrons. The first-order chi connectivity index (χ1) is 11.5. The number of esters is 1. The standard InChI is InChI=1S/C16H20N2O5S/c1-9-13(15(20)23-6-7-24-3)14(18-16(21)17-9)10-4-5-11(19)12(8-10)22-2/h4-5,8,13-14,19H,1,6-7H2,2-3H3,(H2,17,18,21)/t13-,14+/m0/s1. The zero-order valence-electron chi connectivity index (χ0n) is 13.5. The summed E-state index contributed by atoms with van der Waals surface area (Å²) in [6.45, 7) is 4.05. The van der Waals surface area contributed by atoms with Gasteiger partial charge in [-0.15, -0.1) is 0 Å².